The average Bonchev–Trinajstić information content (AvgIpc) is 3.29. The second kappa shape index (κ2) is 11.0. The molecule has 8 heteroatoms. The van der Waals surface area contributed by atoms with Crippen LogP contribution in [0.4, 0.5) is 22.0 Å². The minimum absolute atomic E-state index is 0.0281. The first-order valence-electron chi connectivity index (χ1n) is 12.7. The van der Waals surface area contributed by atoms with E-state index in [1.54, 1.807) is 12.3 Å². The molecular formula is C32H25F5N2O. The number of rotatable bonds is 8. The molecule has 3 aromatic carbocycles. The number of alkyl halides is 3. The standard InChI is InChI=1S/C32H25F5N2O/c1-19-4-6-21(7-5-19)28-3-2-10-38-31(28)22(11-20-12-25(33)17-26(34)13-20)14-27(40)15-23-18-39-30-9-8-24(16-29(23)30)32(35,36)37/h2-10,12-13,16-18,22,39H,11,14-15H2,1H3/t22-/m1/s1. The van der Waals surface area contributed by atoms with Crippen LogP contribution in [0.1, 0.15) is 40.3 Å². The summed E-state index contributed by atoms with van der Waals surface area (Å²) in [6.07, 6.45) is -1.36. The first-order valence-corrected chi connectivity index (χ1v) is 12.7. The Kier molecular flexibility index (Phi) is 7.52. The number of fused-ring (bicyclic) bond motifs is 1. The first kappa shape index (κ1) is 27.2. The van der Waals surface area contributed by atoms with Crippen LogP contribution < -0.4 is 0 Å². The fourth-order valence-electron chi connectivity index (χ4n) is 5.06. The van der Waals surface area contributed by atoms with E-state index in [-0.39, 0.29) is 25.0 Å². The third-order valence-corrected chi connectivity index (χ3v) is 6.95. The van der Waals surface area contributed by atoms with E-state index in [1.807, 2.05) is 37.3 Å². The maximum Gasteiger partial charge on any atom is 0.416 e. The molecular weight excluding hydrogens is 523 g/mol. The molecule has 40 heavy (non-hydrogen) atoms. The van der Waals surface area contributed by atoms with E-state index in [4.69, 9.17) is 0 Å². The number of nitrogens with zero attached hydrogens (tertiary/aromatic N) is 1. The van der Waals surface area contributed by atoms with Crippen LogP contribution in [-0.2, 0) is 23.8 Å². The zero-order valence-electron chi connectivity index (χ0n) is 21.5. The van der Waals surface area contributed by atoms with E-state index in [0.29, 0.717) is 27.7 Å². The van der Waals surface area contributed by atoms with Gasteiger partial charge in [0.2, 0.25) is 0 Å². The Hall–Kier alpha value is -4.33. The normalized spacial score (nSPS) is 12.6. The number of nitrogens with one attached hydrogen (secondary N) is 1. The summed E-state index contributed by atoms with van der Waals surface area (Å²) in [4.78, 5) is 20.9. The number of ketones is 1. The molecule has 5 rings (SSSR count). The number of hydrogen-bond donors (Lipinski definition) is 1. The predicted octanol–water partition coefficient (Wildman–Crippen LogP) is 8.36. The number of pyridine rings is 1. The zero-order chi connectivity index (χ0) is 28.4. The Balaban J connectivity index is 1.49. The summed E-state index contributed by atoms with van der Waals surface area (Å²) in [5, 5.41) is 0.324. The molecule has 1 atom stereocenters. The smallest absolute Gasteiger partial charge is 0.361 e. The topological polar surface area (TPSA) is 45.8 Å². The number of H-pyrrole nitrogens is 1. The summed E-state index contributed by atoms with van der Waals surface area (Å²) in [6.45, 7) is 1.97. The molecule has 204 valence electrons. The fourth-order valence-corrected chi connectivity index (χ4v) is 5.06. The van der Waals surface area contributed by atoms with Crippen LogP contribution in [0, 0.1) is 18.6 Å². The zero-order valence-corrected chi connectivity index (χ0v) is 21.5. The summed E-state index contributed by atoms with van der Waals surface area (Å²) >= 11 is 0. The predicted molar refractivity (Wildman–Crippen MR) is 144 cm³/mol. The minimum Gasteiger partial charge on any atom is -0.361 e. The lowest BCUT2D eigenvalue weighted by atomic mass is 9.86. The molecule has 0 radical (unpaired) electrons. The van der Waals surface area contributed by atoms with Crippen LogP contribution in [0.2, 0.25) is 0 Å². The fraction of sp³-hybridized carbons (Fsp3) is 0.188. The number of aryl methyl sites for hydroxylation is 1. The summed E-state index contributed by atoms with van der Waals surface area (Å²) < 4.78 is 68.0. The molecule has 0 saturated heterocycles. The van der Waals surface area contributed by atoms with Crippen molar-refractivity contribution in [3.63, 3.8) is 0 Å². The van der Waals surface area contributed by atoms with E-state index in [2.05, 4.69) is 9.97 Å². The molecule has 0 amide bonds. The molecule has 0 spiro atoms. The van der Waals surface area contributed by atoms with Crippen molar-refractivity contribution in [1.82, 2.24) is 9.97 Å². The molecule has 0 bridgehead atoms. The molecule has 0 saturated carbocycles. The molecule has 0 fully saturated rings. The molecule has 5 aromatic rings. The number of Topliss-reactive ketones (excluding diaryl/α,β-unsaturated/α-hetero) is 1. The lowest BCUT2D eigenvalue weighted by Gasteiger charge is -2.20. The highest BCUT2D eigenvalue weighted by molar-refractivity contribution is 5.90. The van der Waals surface area contributed by atoms with Gasteiger partial charge in [-0.3, -0.25) is 9.78 Å². The SMILES string of the molecule is Cc1ccc(-c2cccnc2[C@@H](CC(=O)Cc2c[nH]c3ccc(C(F)(F)F)cc23)Cc2cc(F)cc(F)c2)cc1. The highest BCUT2D eigenvalue weighted by atomic mass is 19.4. The number of carbonyl (C=O) groups is 1. The Morgan fingerprint density at radius 1 is 0.950 bits per heavy atom. The van der Waals surface area contributed by atoms with E-state index >= 15 is 0 Å². The van der Waals surface area contributed by atoms with Crippen molar-refractivity contribution in [2.45, 2.75) is 38.3 Å². The monoisotopic (exact) mass is 548 g/mol. The Morgan fingerprint density at radius 3 is 2.38 bits per heavy atom. The van der Waals surface area contributed by atoms with Gasteiger partial charge >= 0.3 is 6.18 Å². The van der Waals surface area contributed by atoms with Crippen molar-refractivity contribution in [3.8, 4) is 11.1 Å². The van der Waals surface area contributed by atoms with Gasteiger partial charge in [-0.1, -0.05) is 35.9 Å². The van der Waals surface area contributed by atoms with Gasteiger partial charge in [-0.05, 0) is 66.4 Å². The first-order chi connectivity index (χ1) is 19.1. The second-order valence-corrected chi connectivity index (χ2v) is 9.97. The molecule has 0 unspecified atom stereocenters. The van der Waals surface area contributed by atoms with Crippen molar-refractivity contribution < 1.29 is 26.7 Å². The summed E-state index contributed by atoms with van der Waals surface area (Å²) in [7, 11) is 0. The van der Waals surface area contributed by atoms with E-state index in [9.17, 15) is 26.7 Å². The Morgan fingerprint density at radius 2 is 1.68 bits per heavy atom. The van der Waals surface area contributed by atoms with Crippen molar-refractivity contribution in [1.29, 1.82) is 0 Å². The van der Waals surface area contributed by atoms with Gasteiger partial charge in [0, 0.05) is 53.7 Å². The van der Waals surface area contributed by atoms with Gasteiger partial charge in [-0.25, -0.2) is 8.78 Å². The van der Waals surface area contributed by atoms with Crippen LogP contribution in [0.25, 0.3) is 22.0 Å². The number of halogens is 5. The van der Waals surface area contributed by atoms with Gasteiger partial charge in [-0.2, -0.15) is 13.2 Å². The molecule has 0 aliphatic rings. The molecule has 3 nitrogen and oxygen atoms in total. The Labute approximate surface area is 227 Å². The summed E-state index contributed by atoms with van der Waals surface area (Å²) in [5.74, 6) is -2.22. The van der Waals surface area contributed by atoms with Crippen LogP contribution in [-0.4, -0.2) is 15.8 Å². The quantitative estimate of drug-likeness (QED) is 0.198. The largest absolute Gasteiger partial charge is 0.416 e. The summed E-state index contributed by atoms with van der Waals surface area (Å²) in [5.41, 5.74) is 3.86. The number of carbonyl (C=O) groups excluding carboxylic acids is 1. The van der Waals surface area contributed by atoms with Crippen molar-refractivity contribution in [2.24, 2.45) is 0 Å². The highest BCUT2D eigenvalue weighted by Crippen LogP contribution is 2.35. The lowest BCUT2D eigenvalue weighted by molar-refractivity contribution is -0.137. The number of aromatic amines is 1. The summed E-state index contributed by atoms with van der Waals surface area (Å²) in [6, 6.07) is 18.1. The van der Waals surface area contributed by atoms with Crippen LogP contribution in [0.5, 0.6) is 0 Å². The maximum absolute atomic E-state index is 14.0. The number of hydrogen-bond acceptors (Lipinski definition) is 2. The van der Waals surface area contributed by atoms with Gasteiger partial charge in [0.15, 0.2) is 0 Å². The maximum atomic E-state index is 14.0. The number of benzene rings is 3. The van der Waals surface area contributed by atoms with Gasteiger partial charge in [0.05, 0.1) is 11.3 Å². The molecule has 1 N–H and O–H groups in total. The lowest BCUT2D eigenvalue weighted by Crippen LogP contribution is -2.14. The Bertz CT molecular complexity index is 1650. The third kappa shape index (κ3) is 6.11. The van der Waals surface area contributed by atoms with E-state index in [1.165, 1.54) is 24.4 Å². The minimum atomic E-state index is -4.51. The van der Waals surface area contributed by atoms with E-state index in [0.717, 1.165) is 34.9 Å². The van der Waals surface area contributed by atoms with E-state index < -0.39 is 29.3 Å². The third-order valence-electron chi connectivity index (χ3n) is 6.95. The van der Waals surface area contributed by atoms with Gasteiger partial charge < -0.3 is 4.98 Å². The highest BCUT2D eigenvalue weighted by Gasteiger charge is 2.31. The van der Waals surface area contributed by atoms with Crippen LogP contribution >= 0.6 is 0 Å². The molecule has 0 aliphatic carbocycles. The number of aromatic nitrogens is 2. The van der Waals surface area contributed by atoms with Gasteiger partial charge in [0.25, 0.3) is 0 Å². The molecule has 2 aromatic heterocycles. The van der Waals surface area contributed by atoms with Crippen molar-refractivity contribution in [3.05, 3.63) is 125 Å². The van der Waals surface area contributed by atoms with Crippen LogP contribution in [0.15, 0.2) is 85.2 Å². The average molecular weight is 549 g/mol. The van der Waals surface area contributed by atoms with Crippen molar-refractivity contribution >= 4 is 16.7 Å². The van der Waals surface area contributed by atoms with Crippen molar-refractivity contribution in [2.75, 3.05) is 0 Å². The molecule has 0 aliphatic heterocycles. The van der Waals surface area contributed by atoms with Gasteiger partial charge in [-0.15, -0.1) is 0 Å². The van der Waals surface area contributed by atoms with Crippen LogP contribution in [0.3, 0.4) is 0 Å². The second-order valence-electron chi connectivity index (χ2n) is 9.97. The molecule has 2 heterocycles. The van der Waals surface area contributed by atoms with Gasteiger partial charge in [0.1, 0.15) is 17.4 Å².